The number of nitrogens with zero attached hydrogens (tertiary/aromatic N) is 1. The standard InChI is InChI=1S/C11H19N3/c1-14(2)7-3-4-9-5-6-10(12)11(13)8-9/h5-6,8H,3-4,7,12-13H2,1-2H3. The SMILES string of the molecule is CN(C)CCCc1ccc(N)c(N)c1. The molecule has 0 aromatic heterocycles. The molecule has 0 radical (unpaired) electrons. The maximum atomic E-state index is 5.72. The first-order valence-corrected chi connectivity index (χ1v) is 4.88. The molecule has 3 nitrogen and oxygen atoms in total. The second kappa shape index (κ2) is 4.86. The average molecular weight is 193 g/mol. The summed E-state index contributed by atoms with van der Waals surface area (Å²) in [5.41, 5.74) is 14.0. The minimum Gasteiger partial charge on any atom is -0.397 e. The first-order valence-electron chi connectivity index (χ1n) is 4.88. The van der Waals surface area contributed by atoms with Gasteiger partial charge in [-0.25, -0.2) is 0 Å². The van der Waals surface area contributed by atoms with Crippen LogP contribution in [-0.2, 0) is 6.42 Å². The van der Waals surface area contributed by atoms with Gasteiger partial charge in [-0.1, -0.05) is 6.07 Å². The molecule has 1 aromatic carbocycles. The van der Waals surface area contributed by atoms with Gasteiger partial charge >= 0.3 is 0 Å². The molecule has 0 aliphatic rings. The first kappa shape index (κ1) is 10.9. The number of aryl methyl sites for hydroxylation is 1. The van der Waals surface area contributed by atoms with Crippen molar-refractivity contribution in [1.82, 2.24) is 4.90 Å². The van der Waals surface area contributed by atoms with Crippen molar-refractivity contribution in [3.05, 3.63) is 23.8 Å². The summed E-state index contributed by atoms with van der Waals surface area (Å²) in [4.78, 5) is 2.18. The van der Waals surface area contributed by atoms with Crippen molar-refractivity contribution < 1.29 is 0 Å². The fourth-order valence-electron chi connectivity index (χ4n) is 1.38. The number of rotatable bonds is 4. The van der Waals surface area contributed by atoms with Crippen molar-refractivity contribution >= 4 is 11.4 Å². The van der Waals surface area contributed by atoms with Crippen molar-refractivity contribution in [2.24, 2.45) is 0 Å². The highest BCUT2D eigenvalue weighted by molar-refractivity contribution is 5.63. The summed E-state index contributed by atoms with van der Waals surface area (Å²) in [7, 11) is 4.16. The lowest BCUT2D eigenvalue weighted by molar-refractivity contribution is 0.400. The number of benzene rings is 1. The Morgan fingerprint density at radius 3 is 2.43 bits per heavy atom. The van der Waals surface area contributed by atoms with Gasteiger partial charge in [-0.05, 0) is 51.2 Å². The smallest absolute Gasteiger partial charge is 0.0550 e. The number of hydrogen-bond acceptors (Lipinski definition) is 3. The van der Waals surface area contributed by atoms with Crippen LogP contribution in [0.25, 0.3) is 0 Å². The molecule has 0 saturated carbocycles. The third kappa shape index (κ3) is 3.26. The fourth-order valence-corrected chi connectivity index (χ4v) is 1.38. The van der Waals surface area contributed by atoms with E-state index in [1.165, 1.54) is 5.56 Å². The molecule has 3 heteroatoms. The molecule has 4 N–H and O–H groups in total. The first-order chi connectivity index (χ1) is 6.59. The van der Waals surface area contributed by atoms with Gasteiger partial charge in [-0.3, -0.25) is 0 Å². The Morgan fingerprint density at radius 1 is 1.14 bits per heavy atom. The molecular formula is C11H19N3. The summed E-state index contributed by atoms with van der Waals surface area (Å²) in [5.74, 6) is 0. The summed E-state index contributed by atoms with van der Waals surface area (Å²) >= 11 is 0. The minimum atomic E-state index is 0.668. The van der Waals surface area contributed by atoms with Crippen LogP contribution in [-0.4, -0.2) is 25.5 Å². The Labute approximate surface area is 85.7 Å². The third-order valence-electron chi connectivity index (χ3n) is 2.22. The van der Waals surface area contributed by atoms with Gasteiger partial charge in [0.25, 0.3) is 0 Å². The van der Waals surface area contributed by atoms with E-state index < -0.39 is 0 Å². The second-order valence-corrected chi connectivity index (χ2v) is 3.87. The highest BCUT2D eigenvalue weighted by Crippen LogP contribution is 2.16. The third-order valence-corrected chi connectivity index (χ3v) is 2.22. The van der Waals surface area contributed by atoms with E-state index in [9.17, 15) is 0 Å². The molecule has 78 valence electrons. The van der Waals surface area contributed by atoms with E-state index in [2.05, 4.69) is 19.0 Å². The van der Waals surface area contributed by atoms with Crippen LogP contribution in [0.15, 0.2) is 18.2 Å². The summed E-state index contributed by atoms with van der Waals surface area (Å²) in [6.45, 7) is 1.10. The van der Waals surface area contributed by atoms with Gasteiger partial charge in [0.05, 0.1) is 11.4 Å². The minimum absolute atomic E-state index is 0.668. The number of anilines is 2. The largest absolute Gasteiger partial charge is 0.397 e. The van der Waals surface area contributed by atoms with Crippen molar-refractivity contribution in [3.63, 3.8) is 0 Å². The predicted octanol–water partition coefficient (Wildman–Crippen LogP) is 1.35. The Kier molecular flexibility index (Phi) is 3.77. The highest BCUT2D eigenvalue weighted by atomic mass is 15.0. The molecule has 0 amide bonds. The summed E-state index contributed by atoms with van der Waals surface area (Å²) in [6.07, 6.45) is 2.21. The predicted molar refractivity (Wildman–Crippen MR) is 62.1 cm³/mol. The fraction of sp³-hybridized carbons (Fsp3) is 0.455. The quantitative estimate of drug-likeness (QED) is 0.710. The van der Waals surface area contributed by atoms with E-state index in [0.29, 0.717) is 11.4 Å². The zero-order chi connectivity index (χ0) is 10.6. The topological polar surface area (TPSA) is 55.3 Å². The van der Waals surface area contributed by atoms with Crippen LogP contribution in [0.1, 0.15) is 12.0 Å². The van der Waals surface area contributed by atoms with Crippen LogP contribution >= 0.6 is 0 Å². The van der Waals surface area contributed by atoms with Gasteiger partial charge in [0.1, 0.15) is 0 Å². The molecule has 0 aliphatic heterocycles. The van der Waals surface area contributed by atoms with Gasteiger partial charge in [-0.15, -0.1) is 0 Å². The van der Waals surface area contributed by atoms with Crippen molar-refractivity contribution in [2.45, 2.75) is 12.8 Å². The molecule has 0 unspecified atom stereocenters. The molecule has 0 saturated heterocycles. The average Bonchev–Trinajstić information content (AvgIpc) is 2.10. The normalized spacial score (nSPS) is 10.8. The summed E-state index contributed by atoms with van der Waals surface area (Å²) in [6, 6.07) is 5.88. The van der Waals surface area contributed by atoms with Gasteiger partial charge in [0, 0.05) is 0 Å². The zero-order valence-corrected chi connectivity index (χ0v) is 8.96. The van der Waals surface area contributed by atoms with Crippen molar-refractivity contribution in [2.75, 3.05) is 32.1 Å². The molecular weight excluding hydrogens is 174 g/mol. The summed E-state index contributed by atoms with van der Waals surface area (Å²) < 4.78 is 0. The van der Waals surface area contributed by atoms with Gasteiger partial charge < -0.3 is 16.4 Å². The number of nitrogen functional groups attached to an aromatic ring is 2. The Morgan fingerprint density at radius 2 is 1.86 bits per heavy atom. The van der Waals surface area contributed by atoms with E-state index in [0.717, 1.165) is 19.4 Å². The van der Waals surface area contributed by atoms with E-state index >= 15 is 0 Å². The van der Waals surface area contributed by atoms with Crippen LogP contribution in [0.5, 0.6) is 0 Å². The molecule has 0 aliphatic carbocycles. The maximum Gasteiger partial charge on any atom is 0.0550 e. The lowest BCUT2D eigenvalue weighted by Gasteiger charge is -2.09. The molecule has 0 bridgehead atoms. The van der Waals surface area contributed by atoms with Crippen LogP contribution < -0.4 is 11.5 Å². The second-order valence-electron chi connectivity index (χ2n) is 3.87. The van der Waals surface area contributed by atoms with Gasteiger partial charge in [0.2, 0.25) is 0 Å². The lowest BCUT2D eigenvalue weighted by atomic mass is 10.1. The van der Waals surface area contributed by atoms with Crippen molar-refractivity contribution in [1.29, 1.82) is 0 Å². The lowest BCUT2D eigenvalue weighted by Crippen LogP contribution is -2.13. The maximum absolute atomic E-state index is 5.72. The van der Waals surface area contributed by atoms with Gasteiger partial charge in [0.15, 0.2) is 0 Å². The molecule has 0 atom stereocenters. The highest BCUT2D eigenvalue weighted by Gasteiger charge is 1.98. The van der Waals surface area contributed by atoms with Crippen LogP contribution in [0, 0.1) is 0 Å². The van der Waals surface area contributed by atoms with E-state index in [4.69, 9.17) is 11.5 Å². The van der Waals surface area contributed by atoms with Crippen LogP contribution in [0.4, 0.5) is 11.4 Å². The molecule has 0 heterocycles. The zero-order valence-electron chi connectivity index (χ0n) is 8.96. The molecule has 1 aromatic rings. The molecule has 14 heavy (non-hydrogen) atoms. The van der Waals surface area contributed by atoms with Crippen molar-refractivity contribution in [3.8, 4) is 0 Å². The Balaban J connectivity index is 2.47. The van der Waals surface area contributed by atoms with E-state index in [1.54, 1.807) is 0 Å². The van der Waals surface area contributed by atoms with E-state index in [-0.39, 0.29) is 0 Å². The van der Waals surface area contributed by atoms with Gasteiger partial charge in [-0.2, -0.15) is 0 Å². The Hall–Kier alpha value is -1.22. The monoisotopic (exact) mass is 193 g/mol. The van der Waals surface area contributed by atoms with Crippen LogP contribution in [0.2, 0.25) is 0 Å². The Bertz CT molecular complexity index is 295. The number of hydrogen-bond donors (Lipinski definition) is 2. The molecule has 0 fully saturated rings. The molecule has 0 spiro atoms. The summed E-state index contributed by atoms with van der Waals surface area (Å²) in [5, 5.41) is 0. The van der Waals surface area contributed by atoms with E-state index in [1.807, 2.05) is 18.2 Å². The molecule has 1 rings (SSSR count). The van der Waals surface area contributed by atoms with Crippen LogP contribution in [0.3, 0.4) is 0 Å². The number of nitrogens with two attached hydrogens (primary N) is 2.